The predicted molar refractivity (Wildman–Crippen MR) is 75.7 cm³/mol. The van der Waals surface area contributed by atoms with Crippen molar-refractivity contribution in [3.63, 3.8) is 0 Å². The van der Waals surface area contributed by atoms with E-state index in [1.165, 1.54) is 6.08 Å². The molecular formula is C10H15NO3S3. The second-order valence-corrected chi connectivity index (χ2v) is 6.65. The highest BCUT2D eigenvalue weighted by atomic mass is 32.2. The summed E-state index contributed by atoms with van der Waals surface area (Å²) in [5.41, 5.74) is 0. The Morgan fingerprint density at radius 1 is 1.47 bits per heavy atom. The van der Waals surface area contributed by atoms with Crippen molar-refractivity contribution in [1.29, 1.82) is 0 Å². The van der Waals surface area contributed by atoms with Gasteiger partial charge in [0, 0.05) is 28.9 Å². The van der Waals surface area contributed by atoms with E-state index in [4.69, 9.17) is 4.74 Å². The van der Waals surface area contributed by atoms with E-state index in [1.54, 1.807) is 23.5 Å². The summed E-state index contributed by atoms with van der Waals surface area (Å²) in [6, 6.07) is 0. The van der Waals surface area contributed by atoms with Crippen LogP contribution in [-0.2, 0) is 9.53 Å². The zero-order chi connectivity index (χ0) is 12.5. The molecule has 1 aliphatic heterocycles. The number of ether oxygens (including phenoxy) is 1. The van der Waals surface area contributed by atoms with Crippen molar-refractivity contribution in [3.8, 4) is 0 Å². The van der Waals surface area contributed by atoms with Crippen LogP contribution in [-0.4, -0.2) is 46.2 Å². The lowest BCUT2D eigenvalue weighted by molar-refractivity contribution is -0.116. The van der Waals surface area contributed by atoms with Crippen LogP contribution in [0.25, 0.3) is 0 Å². The molecule has 0 atom stereocenters. The van der Waals surface area contributed by atoms with Crippen molar-refractivity contribution in [3.05, 3.63) is 12.7 Å². The molecule has 0 bridgehead atoms. The highest BCUT2D eigenvalue weighted by Gasteiger charge is 2.18. The second kappa shape index (κ2) is 8.77. The highest BCUT2D eigenvalue weighted by Crippen LogP contribution is 2.24. The topological polar surface area (TPSA) is 55.4 Å². The summed E-state index contributed by atoms with van der Waals surface area (Å²) in [5.74, 6) is 2.06. The molecule has 4 nitrogen and oxygen atoms in total. The largest absolute Gasteiger partial charge is 0.453 e. The fourth-order valence-electron chi connectivity index (χ4n) is 1.09. The average Bonchev–Trinajstić information content (AvgIpc) is 2.35. The zero-order valence-corrected chi connectivity index (χ0v) is 11.8. The molecule has 1 heterocycles. The van der Waals surface area contributed by atoms with Gasteiger partial charge in [-0.05, 0) is 17.8 Å². The van der Waals surface area contributed by atoms with Gasteiger partial charge in [-0.3, -0.25) is 4.79 Å². The molecule has 0 unspecified atom stereocenters. The Labute approximate surface area is 114 Å². The van der Waals surface area contributed by atoms with Gasteiger partial charge < -0.3 is 10.1 Å². The summed E-state index contributed by atoms with van der Waals surface area (Å²) in [6.45, 7) is 3.78. The van der Waals surface area contributed by atoms with E-state index in [0.29, 0.717) is 12.3 Å². The summed E-state index contributed by atoms with van der Waals surface area (Å²) >= 11 is 4.67. The van der Waals surface area contributed by atoms with Crippen LogP contribution in [0.15, 0.2) is 12.7 Å². The maximum Gasteiger partial charge on any atom is 0.367 e. The normalized spacial score (nSPS) is 16.2. The van der Waals surface area contributed by atoms with Gasteiger partial charge in [-0.15, -0.1) is 23.5 Å². The molecule has 0 aromatic rings. The van der Waals surface area contributed by atoms with Crippen LogP contribution in [0.4, 0.5) is 4.79 Å². The minimum Gasteiger partial charge on any atom is -0.453 e. The number of rotatable bonds is 5. The van der Waals surface area contributed by atoms with Crippen molar-refractivity contribution in [2.45, 2.75) is 6.10 Å². The van der Waals surface area contributed by atoms with Gasteiger partial charge in [0.2, 0.25) is 5.91 Å². The molecule has 7 heteroatoms. The lowest BCUT2D eigenvalue weighted by Crippen LogP contribution is -2.26. The van der Waals surface area contributed by atoms with Gasteiger partial charge in [-0.1, -0.05) is 6.58 Å². The van der Waals surface area contributed by atoms with E-state index >= 15 is 0 Å². The number of thioether (sulfide) groups is 3. The van der Waals surface area contributed by atoms with Crippen molar-refractivity contribution in [2.24, 2.45) is 0 Å². The van der Waals surface area contributed by atoms with Crippen molar-refractivity contribution < 1.29 is 14.3 Å². The SMILES string of the molecule is C=CC(=O)NCCSC(=O)OC1CSCSC1. The monoisotopic (exact) mass is 293 g/mol. The van der Waals surface area contributed by atoms with Crippen molar-refractivity contribution in [2.75, 3.05) is 28.9 Å². The number of carbonyl (C=O) groups excluding carboxylic acids is 2. The van der Waals surface area contributed by atoms with Crippen LogP contribution in [0.3, 0.4) is 0 Å². The summed E-state index contributed by atoms with van der Waals surface area (Å²) < 4.78 is 5.27. The van der Waals surface area contributed by atoms with Crippen molar-refractivity contribution in [1.82, 2.24) is 5.32 Å². The molecule has 17 heavy (non-hydrogen) atoms. The Hall–Kier alpha value is -0.270. The molecule has 0 aromatic carbocycles. The molecule has 1 aliphatic rings. The molecular weight excluding hydrogens is 278 g/mol. The van der Waals surface area contributed by atoms with E-state index in [2.05, 4.69) is 11.9 Å². The first-order valence-electron chi connectivity index (χ1n) is 5.11. The first-order chi connectivity index (χ1) is 8.22. The molecule has 0 spiro atoms. The van der Waals surface area contributed by atoms with Gasteiger partial charge in [0.05, 0.1) is 0 Å². The first-order valence-corrected chi connectivity index (χ1v) is 8.41. The number of carbonyl (C=O) groups is 2. The molecule has 96 valence electrons. The summed E-state index contributed by atoms with van der Waals surface area (Å²) in [5, 5.41) is 3.42. The molecule has 1 amide bonds. The number of amides is 1. The van der Waals surface area contributed by atoms with Crippen LogP contribution in [0.5, 0.6) is 0 Å². The highest BCUT2D eigenvalue weighted by molar-refractivity contribution is 8.16. The Kier molecular flexibility index (Phi) is 7.63. The van der Waals surface area contributed by atoms with Crippen molar-refractivity contribution >= 4 is 46.5 Å². The minimum atomic E-state index is -0.258. The molecule has 0 saturated carbocycles. The molecule has 1 fully saturated rings. The van der Waals surface area contributed by atoms with E-state index in [0.717, 1.165) is 28.4 Å². The molecule has 1 rings (SSSR count). The fraction of sp³-hybridized carbons (Fsp3) is 0.600. The van der Waals surface area contributed by atoms with Gasteiger partial charge in [0.25, 0.3) is 0 Å². The lowest BCUT2D eigenvalue weighted by atomic mass is 10.5. The van der Waals surface area contributed by atoms with Gasteiger partial charge in [-0.25, -0.2) is 4.79 Å². The fourth-order valence-corrected chi connectivity index (χ4v) is 3.95. The van der Waals surface area contributed by atoms with Crippen LogP contribution in [0.2, 0.25) is 0 Å². The smallest absolute Gasteiger partial charge is 0.367 e. The number of hydrogen-bond donors (Lipinski definition) is 1. The molecule has 1 saturated heterocycles. The molecule has 0 aromatic heterocycles. The van der Waals surface area contributed by atoms with Crippen LogP contribution >= 0.6 is 35.3 Å². The second-order valence-electron chi connectivity index (χ2n) is 3.19. The third-order valence-electron chi connectivity index (χ3n) is 1.84. The Bertz CT molecular complexity index is 280. The number of hydrogen-bond acceptors (Lipinski definition) is 6. The van der Waals surface area contributed by atoms with Crippen LogP contribution in [0.1, 0.15) is 0 Å². The van der Waals surface area contributed by atoms with Crippen LogP contribution < -0.4 is 5.32 Å². The predicted octanol–water partition coefficient (Wildman–Crippen LogP) is 1.96. The van der Waals surface area contributed by atoms with Crippen LogP contribution in [0, 0.1) is 0 Å². The van der Waals surface area contributed by atoms with Gasteiger partial charge in [0.15, 0.2) is 0 Å². The zero-order valence-electron chi connectivity index (χ0n) is 9.35. The summed E-state index contributed by atoms with van der Waals surface area (Å²) in [7, 11) is 0. The standard InChI is InChI=1S/C10H15NO3S3/c1-2-9(12)11-3-4-17-10(13)14-8-5-15-7-16-6-8/h2,8H,1,3-7H2,(H,11,12). The average molecular weight is 293 g/mol. The van der Waals surface area contributed by atoms with E-state index < -0.39 is 0 Å². The molecule has 0 aliphatic carbocycles. The third-order valence-corrected chi connectivity index (χ3v) is 5.13. The number of nitrogens with one attached hydrogen (secondary N) is 1. The van der Waals surface area contributed by atoms with Gasteiger partial charge in [-0.2, -0.15) is 0 Å². The van der Waals surface area contributed by atoms with Gasteiger partial charge in [0.1, 0.15) is 6.10 Å². The summed E-state index contributed by atoms with van der Waals surface area (Å²) in [6.07, 6.45) is 1.24. The Morgan fingerprint density at radius 3 is 2.82 bits per heavy atom. The lowest BCUT2D eigenvalue weighted by Gasteiger charge is -2.20. The third kappa shape index (κ3) is 6.90. The van der Waals surface area contributed by atoms with E-state index in [-0.39, 0.29) is 17.3 Å². The quantitative estimate of drug-likeness (QED) is 0.475. The minimum absolute atomic E-state index is 0.0292. The Morgan fingerprint density at radius 2 is 2.18 bits per heavy atom. The maximum absolute atomic E-state index is 11.4. The van der Waals surface area contributed by atoms with Gasteiger partial charge >= 0.3 is 5.30 Å². The Balaban J connectivity index is 2.04. The first kappa shape index (κ1) is 14.8. The summed E-state index contributed by atoms with van der Waals surface area (Å²) in [4.78, 5) is 22.2. The van der Waals surface area contributed by atoms with E-state index in [1.807, 2.05) is 0 Å². The molecule has 0 radical (unpaired) electrons. The molecule has 1 N–H and O–H groups in total. The van der Waals surface area contributed by atoms with E-state index in [9.17, 15) is 9.59 Å². The maximum atomic E-state index is 11.4.